The van der Waals surface area contributed by atoms with E-state index in [-0.39, 0.29) is 36.4 Å². The lowest BCUT2D eigenvalue weighted by atomic mass is 9.93. The minimum atomic E-state index is -0.187. The molecule has 94 valence electrons. The Morgan fingerprint density at radius 3 is 2.12 bits per heavy atom. The average Bonchev–Trinajstić information content (AvgIpc) is 2.20. The van der Waals surface area contributed by atoms with Gasteiger partial charge in [0.05, 0.1) is 18.2 Å². The van der Waals surface area contributed by atoms with Crippen LogP contribution in [0.4, 0.5) is 0 Å². The Labute approximate surface area is 96.4 Å². The number of rotatable bonds is 3. The van der Waals surface area contributed by atoms with Crippen molar-refractivity contribution in [2.24, 2.45) is 0 Å². The molecule has 1 fully saturated rings. The molecule has 1 aliphatic heterocycles. The van der Waals surface area contributed by atoms with Gasteiger partial charge in [0.15, 0.2) is 0 Å². The van der Waals surface area contributed by atoms with E-state index >= 15 is 0 Å². The zero-order chi connectivity index (χ0) is 12.3. The molecule has 1 amide bonds. The molecule has 1 saturated heterocycles. The lowest BCUT2D eigenvalue weighted by Gasteiger charge is -2.43. The summed E-state index contributed by atoms with van der Waals surface area (Å²) in [6, 6.07) is -0.177. The molecule has 0 aromatic carbocycles. The van der Waals surface area contributed by atoms with Gasteiger partial charge in [-0.3, -0.25) is 4.79 Å². The number of nitrogens with one attached hydrogen (secondary N) is 1. The molecule has 0 aromatic rings. The molecule has 1 unspecified atom stereocenters. The van der Waals surface area contributed by atoms with Crippen LogP contribution in [0.25, 0.3) is 0 Å². The van der Waals surface area contributed by atoms with E-state index < -0.39 is 0 Å². The van der Waals surface area contributed by atoms with Crippen molar-refractivity contribution in [3.05, 3.63) is 0 Å². The van der Waals surface area contributed by atoms with Crippen LogP contribution in [0, 0.1) is 0 Å². The predicted octanol–water partition coefficient (Wildman–Crippen LogP) is 0.328. The molecule has 0 saturated carbocycles. The summed E-state index contributed by atoms with van der Waals surface area (Å²) in [5.41, 5.74) is 0. The molecule has 0 aromatic heterocycles. The van der Waals surface area contributed by atoms with Crippen LogP contribution < -0.4 is 5.32 Å². The Hall–Kier alpha value is -0.650. The van der Waals surface area contributed by atoms with Crippen molar-refractivity contribution in [1.82, 2.24) is 5.32 Å². The summed E-state index contributed by atoms with van der Waals surface area (Å²) in [7, 11) is 3.24. The summed E-state index contributed by atoms with van der Waals surface area (Å²) >= 11 is 0. The van der Waals surface area contributed by atoms with E-state index in [4.69, 9.17) is 14.2 Å². The molecule has 16 heavy (non-hydrogen) atoms. The second kappa shape index (κ2) is 5.61. The molecule has 1 N–H and O–H groups in total. The van der Waals surface area contributed by atoms with E-state index in [9.17, 15) is 4.79 Å². The van der Waals surface area contributed by atoms with E-state index in [1.54, 1.807) is 14.2 Å². The van der Waals surface area contributed by atoms with Gasteiger partial charge in [-0.1, -0.05) is 0 Å². The number of carbonyl (C=O) groups excluding carboxylic acids is 1. The van der Waals surface area contributed by atoms with E-state index in [1.807, 2.05) is 13.8 Å². The number of amides is 1. The van der Waals surface area contributed by atoms with E-state index in [0.717, 1.165) is 0 Å². The molecule has 0 aliphatic carbocycles. The van der Waals surface area contributed by atoms with E-state index in [1.165, 1.54) is 6.92 Å². The van der Waals surface area contributed by atoms with Gasteiger partial charge >= 0.3 is 0 Å². The van der Waals surface area contributed by atoms with Gasteiger partial charge in [-0.2, -0.15) is 0 Å². The molecule has 5 heteroatoms. The smallest absolute Gasteiger partial charge is 0.217 e. The van der Waals surface area contributed by atoms with Crippen molar-refractivity contribution in [2.45, 2.75) is 51.2 Å². The number of hydrogen-bond acceptors (Lipinski definition) is 4. The molecule has 5 atom stereocenters. The summed E-state index contributed by atoms with van der Waals surface area (Å²) in [5, 5.41) is 2.85. The van der Waals surface area contributed by atoms with Crippen molar-refractivity contribution in [1.29, 1.82) is 0 Å². The predicted molar refractivity (Wildman–Crippen MR) is 59.2 cm³/mol. The summed E-state index contributed by atoms with van der Waals surface area (Å²) in [5.74, 6) is -0.0908. The number of hydrogen-bond donors (Lipinski definition) is 1. The number of ether oxygens (including phenoxy) is 3. The molecule has 0 bridgehead atoms. The summed E-state index contributed by atoms with van der Waals surface area (Å²) in [4.78, 5) is 11.1. The van der Waals surface area contributed by atoms with Gasteiger partial charge in [0.2, 0.25) is 5.91 Å². The molecule has 0 radical (unpaired) electrons. The molecule has 5 nitrogen and oxygen atoms in total. The third-order valence-corrected chi connectivity index (χ3v) is 2.99. The second-order valence-corrected chi connectivity index (χ2v) is 4.17. The highest BCUT2D eigenvalue weighted by Crippen LogP contribution is 2.24. The zero-order valence-corrected chi connectivity index (χ0v) is 10.5. The van der Waals surface area contributed by atoms with Crippen LogP contribution >= 0.6 is 0 Å². The quantitative estimate of drug-likeness (QED) is 0.760. The van der Waals surface area contributed by atoms with Gasteiger partial charge in [-0.25, -0.2) is 0 Å². The first-order valence-electron chi connectivity index (χ1n) is 5.49. The molecule has 1 aliphatic rings. The second-order valence-electron chi connectivity index (χ2n) is 4.17. The third-order valence-electron chi connectivity index (χ3n) is 2.99. The SMILES string of the molecule is CO[C@@H]1[C@H](OC)[C@@H](NC(C)=O)C(C)O[C@@H]1C. The van der Waals surface area contributed by atoms with E-state index in [2.05, 4.69) is 5.32 Å². The van der Waals surface area contributed by atoms with Gasteiger partial charge in [-0.05, 0) is 13.8 Å². The van der Waals surface area contributed by atoms with Gasteiger partial charge in [0.1, 0.15) is 12.2 Å². The van der Waals surface area contributed by atoms with Crippen LogP contribution in [0.15, 0.2) is 0 Å². The van der Waals surface area contributed by atoms with Crippen LogP contribution in [-0.2, 0) is 19.0 Å². The highest BCUT2D eigenvalue weighted by Gasteiger charge is 2.43. The molecule has 1 rings (SSSR count). The minimum absolute atomic E-state index is 0.0463. The van der Waals surface area contributed by atoms with Crippen LogP contribution in [-0.4, -0.2) is 50.6 Å². The third kappa shape index (κ3) is 2.72. The van der Waals surface area contributed by atoms with Crippen molar-refractivity contribution < 1.29 is 19.0 Å². The Bertz CT molecular complexity index is 246. The summed E-state index contributed by atoms with van der Waals surface area (Å²) < 4.78 is 16.5. The first-order chi connectivity index (χ1) is 7.51. The number of methoxy groups -OCH3 is 2. The Balaban J connectivity index is 2.82. The monoisotopic (exact) mass is 231 g/mol. The first-order valence-corrected chi connectivity index (χ1v) is 5.49. The van der Waals surface area contributed by atoms with Crippen molar-refractivity contribution in [3.8, 4) is 0 Å². The van der Waals surface area contributed by atoms with Crippen molar-refractivity contribution in [3.63, 3.8) is 0 Å². The van der Waals surface area contributed by atoms with Crippen LogP contribution in [0.3, 0.4) is 0 Å². The molecule has 1 heterocycles. The largest absolute Gasteiger partial charge is 0.376 e. The average molecular weight is 231 g/mol. The van der Waals surface area contributed by atoms with Gasteiger partial charge in [-0.15, -0.1) is 0 Å². The van der Waals surface area contributed by atoms with Crippen LogP contribution in [0.5, 0.6) is 0 Å². The minimum Gasteiger partial charge on any atom is -0.376 e. The standard InChI is InChI=1S/C11H21NO4/c1-6-9(12-8(3)13)11(15-5)10(14-4)7(2)16-6/h6-7,9-11H,1-5H3,(H,12,13)/t6?,7-,9+,10+,11-/m1/s1. The zero-order valence-electron chi connectivity index (χ0n) is 10.5. The van der Waals surface area contributed by atoms with Gasteiger partial charge in [0, 0.05) is 21.1 Å². The fourth-order valence-electron chi connectivity index (χ4n) is 2.28. The Morgan fingerprint density at radius 2 is 1.69 bits per heavy atom. The summed E-state index contributed by atoms with van der Waals surface area (Å²) in [6.45, 7) is 5.36. The first kappa shape index (κ1) is 13.4. The highest BCUT2D eigenvalue weighted by atomic mass is 16.6. The maximum Gasteiger partial charge on any atom is 0.217 e. The van der Waals surface area contributed by atoms with Crippen molar-refractivity contribution in [2.75, 3.05) is 14.2 Å². The Morgan fingerprint density at radius 1 is 1.12 bits per heavy atom. The maximum absolute atomic E-state index is 11.1. The van der Waals surface area contributed by atoms with Gasteiger partial charge in [0.25, 0.3) is 0 Å². The number of carbonyl (C=O) groups is 1. The lowest BCUT2D eigenvalue weighted by molar-refractivity contribution is -0.192. The summed E-state index contributed by atoms with van der Waals surface area (Å²) in [6.07, 6.45) is -0.490. The fraction of sp³-hybridized carbons (Fsp3) is 0.909. The lowest BCUT2D eigenvalue weighted by Crippen LogP contribution is -2.62. The van der Waals surface area contributed by atoms with Crippen LogP contribution in [0.1, 0.15) is 20.8 Å². The normalized spacial score (nSPS) is 39.4. The topological polar surface area (TPSA) is 56.8 Å². The molecular formula is C11H21NO4. The van der Waals surface area contributed by atoms with Gasteiger partial charge < -0.3 is 19.5 Å². The highest BCUT2D eigenvalue weighted by molar-refractivity contribution is 5.73. The molecule has 0 spiro atoms. The fourth-order valence-corrected chi connectivity index (χ4v) is 2.28. The maximum atomic E-state index is 11.1. The Kier molecular flexibility index (Phi) is 4.70. The van der Waals surface area contributed by atoms with Crippen molar-refractivity contribution >= 4 is 5.91 Å². The van der Waals surface area contributed by atoms with Crippen LogP contribution in [0.2, 0.25) is 0 Å². The molecular weight excluding hydrogens is 210 g/mol. The van der Waals surface area contributed by atoms with E-state index in [0.29, 0.717) is 0 Å².